The quantitative estimate of drug-likeness (QED) is 0.667. The van der Waals surface area contributed by atoms with Gasteiger partial charge in [0, 0.05) is 47.6 Å². The lowest BCUT2D eigenvalue weighted by Gasteiger charge is -2.40. The maximum Gasteiger partial charge on any atom is 0.410 e. The third-order valence-electron chi connectivity index (χ3n) is 3.87. The number of carbonyl (C=O) groups is 1. The molecule has 0 saturated carbocycles. The molecule has 0 radical (unpaired) electrons. The molecule has 7 heteroatoms. The molecule has 6 nitrogen and oxygen atoms in total. The van der Waals surface area contributed by atoms with Crippen LogP contribution in [-0.4, -0.2) is 59.3 Å². The summed E-state index contributed by atoms with van der Waals surface area (Å²) in [6.07, 6.45) is 1.52. The standard InChI is InChI=1S/C17H26IN3O3/c1-12-10-20(8-9-21(12)16(22)24-17(2,3)4)11-13-14(18)6-7-19-15(13)23-5/h6-7,12H,8-11H2,1-5H3/t12-/m1/s1. The number of carbonyl (C=O) groups excluding carboxylic acids is 1. The number of pyridine rings is 1. The molecule has 0 N–H and O–H groups in total. The average molecular weight is 447 g/mol. The van der Waals surface area contributed by atoms with Crippen molar-refractivity contribution in [3.63, 3.8) is 0 Å². The van der Waals surface area contributed by atoms with Gasteiger partial charge in [-0.05, 0) is 56.4 Å². The molecule has 0 bridgehead atoms. The Morgan fingerprint density at radius 2 is 2.12 bits per heavy atom. The molecule has 0 aromatic carbocycles. The van der Waals surface area contributed by atoms with Crippen molar-refractivity contribution in [2.75, 3.05) is 26.7 Å². The van der Waals surface area contributed by atoms with Gasteiger partial charge in [-0.3, -0.25) is 4.90 Å². The van der Waals surface area contributed by atoms with Gasteiger partial charge in [0.15, 0.2) is 0 Å². The van der Waals surface area contributed by atoms with Gasteiger partial charge in [-0.2, -0.15) is 0 Å². The molecule has 1 aliphatic rings. The van der Waals surface area contributed by atoms with E-state index in [1.807, 2.05) is 31.7 Å². The molecule has 1 aromatic rings. The maximum absolute atomic E-state index is 12.3. The van der Waals surface area contributed by atoms with Crippen LogP contribution < -0.4 is 4.74 Å². The lowest BCUT2D eigenvalue weighted by Crippen LogP contribution is -2.54. The van der Waals surface area contributed by atoms with E-state index in [0.717, 1.165) is 28.8 Å². The number of hydrogen-bond donors (Lipinski definition) is 0. The summed E-state index contributed by atoms with van der Waals surface area (Å²) in [6.45, 7) is 10.8. The highest BCUT2D eigenvalue weighted by atomic mass is 127. The predicted molar refractivity (Wildman–Crippen MR) is 101 cm³/mol. The van der Waals surface area contributed by atoms with Crippen LogP contribution in [0.1, 0.15) is 33.3 Å². The number of halogens is 1. The lowest BCUT2D eigenvalue weighted by atomic mass is 10.1. The minimum atomic E-state index is -0.465. The third-order valence-corrected chi connectivity index (χ3v) is 4.88. The zero-order valence-electron chi connectivity index (χ0n) is 15.0. The van der Waals surface area contributed by atoms with Crippen molar-refractivity contribution >= 4 is 28.7 Å². The molecular formula is C17H26IN3O3. The number of methoxy groups -OCH3 is 1. The number of ether oxygens (including phenoxy) is 2. The Bertz CT molecular complexity index is 589. The van der Waals surface area contributed by atoms with Gasteiger partial charge >= 0.3 is 6.09 Å². The molecule has 1 aliphatic heterocycles. The molecule has 0 unspecified atom stereocenters. The third kappa shape index (κ3) is 4.95. The first-order chi connectivity index (χ1) is 11.2. The van der Waals surface area contributed by atoms with Crippen molar-refractivity contribution < 1.29 is 14.3 Å². The molecule has 0 aliphatic carbocycles. The van der Waals surface area contributed by atoms with Crippen molar-refractivity contribution in [3.8, 4) is 5.88 Å². The van der Waals surface area contributed by atoms with E-state index in [1.54, 1.807) is 13.3 Å². The van der Waals surface area contributed by atoms with Crippen LogP contribution in [-0.2, 0) is 11.3 Å². The predicted octanol–water partition coefficient (Wildman–Crippen LogP) is 3.14. The molecule has 134 valence electrons. The molecule has 2 heterocycles. The number of nitrogens with zero attached hydrogens (tertiary/aromatic N) is 3. The number of rotatable bonds is 3. The van der Waals surface area contributed by atoms with Gasteiger partial charge in [0.2, 0.25) is 5.88 Å². The summed E-state index contributed by atoms with van der Waals surface area (Å²) in [5.41, 5.74) is 0.631. The first-order valence-electron chi connectivity index (χ1n) is 8.10. The molecule has 1 saturated heterocycles. The smallest absolute Gasteiger partial charge is 0.410 e. The highest BCUT2D eigenvalue weighted by Crippen LogP contribution is 2.24. The average Bonchev–Trinajstić information content (AvgIpc) is 2.47. The number of aromatic nitrogens is 1. The fourth-order valence-electron chi connectivity index (χ4n) is 2.76. The van der Waals surface area contributed by atoms with Crippen LogP contribution >= 0.6 is 22.6 Å². The molecule has 1 fully saturated rings. The Balaban J connectivity index is 2.00. The van der Waals surface area contributed by atoms with E-state index < -0.39 is 5.60 Å². The first kappa shape index (κ1) is 19.2. The van der Waals surface area contributed by atoms with Gasteiger partial charge in [0.1, 0.15) is 5.60 Å². The van der Waals surface area contributed by atoms with Crippen molar-refractivity contribution in [2.24, 2.45) is 0 Å². The minimum absolute atomic E-state index is 0.105. The fourth-order valence-corrected chi connectivity index (χ4v) is 3.32. The summed E-state index contributed by atoms with van der Waals surface area (Å²) in [6, 6.07) is 2.09. The van der Waals surface area contributed by atoms with Crippen LogP contribution in [0.15, 0.2) is 12.3 Å². The second-order valence-corrected chi connectivity index (χ2v) is 8.20. The first-order valence-corrected chi connectivity index (χ1v) is 9.18. The highest BCUT2D eigenvalue weighted by molar-refractivity contribution is 14.1. The topological polar surface area (TPSA) is 54.9 Å². The highest BCUT2D eigenvalue weighted by Gasteiger charge is 2.31. The van der Waals surface area contributed by atoms with E-state index in [9.17, 15) is 4.79 Å². The number of amides is 1. The van der Waals surface area contributed by atoms with Gasteiger partial charge in [-0.15, -0.1) is 0 Å². The van der Waals surface area contributed by atoms with E-state index in [4.69, 9.17) is 9.47 Å². The zero-order valence-corrected chi connectivity index (χ0v) is 17.2. The maximum atomic E-state index is 12.3. The Morgan fingerprint density at radius 3 is 2.71 bits per heavy atom. The van der Waals surface area contributed by atoms with E-state index in [0.29, 0.717) is 12.4 Å². The minimum Gasteiger partial charge on any atom is -0.481 e. The summed E-state index contributed by atoms with van der Waals surface area (Å²) in [5.74, 6) is 0.670. The Kier molecular flexibility index (Phi) is 6.30. The molecule has 1 aromatic heterocycles. The SMILES string of the molecule is COc1nccc(I)c1CN1CCN(C(=O)OC(C)(C)C)[C@H](C)C1. The monoisotopic (exact) mass is 447 g/mol. The van der Waals surface area contributed by atoms with Crippen LogP contribution in [0.4, 0.5) is 4.79 Å². The normalized spacial score (nSPS) is 19.2. The summed E-state index contributed by atoms with van der Waals surface area (Å²) < 4.78 is 12.0. The molecule has 1 amide bonds. The zero-order chi connectivity index (χ0) is 17.9. The van der Waals surface area contributed by atoms with E-state index in [2.05, 4.69) is 39.4 Å². The molecule has 1 atom stereocenters. The van der Waals surface area contributed by atoms with Gasteiger partial charge in [0.05, 0.1) is 7.11 Å². The van der Waals surface area contributed by atoms with Crippen LogP contribution in [0.3, 0.4) is 0 Å². The van der Waals surface area contributed by atoms with Gasteiger partial charge < -0.3 is 14.4 Å². The summed E-state index contributed by atoms with van der Waals surface area (Å²) >= 11 is 2.31. The van der Waals surface area contributed by atoms with Crippen molar-refractivity contribution in [1.82, 2.24) is 14.8 Å². The van der Waals surface area contributed by atoms with E-state index >= 15 is 0 Å². The number of piperazine rings is 1. The van der Waals surface area contributed by atoms with Crippen molar-refractivity contribution in [1.29, 1.82) is 0 Å². The summed E-state index contributed by atoms with van der Waals surface area (Å²) in [4.78, 5) is 20.7. The van der Waals surface area contributed by atoms with Crippen molar-refractivity contribution in [3.05, 3.63) is 21.4 Å². The van der Waals surface area contributed by atoms with Gasteiger partial charge in [-0.1, -0.05) is 0 Å². The van der Waals surface area contributed by atoms with Gasteiger partial charge in [0.25, 0.3) is 0 Å². The number of hydrogen-bond acceptors (Lipinski definition) is 5. The van der Waals surface area contributed by atoms with Gasteiger partial charge in [-0.25, -0.2) is 9.78 Å². The van der Waals surface area contributed by atoms with Crippen LogP contribution in [0, 0.1) is 3.57 Å². The molecule has 24 heavy (non-hydrogen) atoms. The Hall–Kier alpha value is -1.09. The molecule has 0 spiro atoms. The second-order valence-electron chi connectivity index (χ2n) is 7.04. The largest absolute Gasteiger partial charge is 0.481 e. The lowest BCUT2D eigenvalue weighted by molar-refractivity contribution is 0.000436. The fraction of sp³-hybridized carbons (Fsp3) is 0.647. The second kappa shape index (κ2) is 7.86. The van der Waals surface area contributed by atoms with Crippen molar-refractivity contribution in [2.45, 2.75) is 45.9 Å². The Labute approximate surface area is 157 Å². The molecule has 2 rings (SSSR count). The van der Waals surface area contributed by atoms with Crippen LogP contribution in [0.25, 0.3) is 0 Å². The summed E-state index contributed by atoms with van der Waals surface area (Å²) in [7, 11) is 1.64. The van der Waals surface area contributed by atoms with E-state index in [1.165, 1.54) is 0 Å². The van der Waals surface area contributed by atoms with E-state index in [-0.39, 0.29) is 12.1 Å². The molecular weight excluding hydrogens is 421 g/mol. The Morgan fingerprint density at radius 1 is 1.42 bits per heavy atom. The summed E-state index contributed by atoms with van der Waals surface area (Å²) in [5, 5.41) is 0. The van der Waals surface area contributed by atoms with Crippen LogP contribution in [0.2, 0.25) is 0 Å². The van der Waals surface area contributed by atoms with Crippen LogP contribution in [0.5, 0.6) is 5.88 Å².